The number of carbonyl (C=O) groups excluding carboxylic acids is 1. The highest BCUT2D eigenvalue weighted by Crippen LogP contribution is 2.26. The summed E-state index contributed by atoms with van der Waals surface area (Å²) >= 11 is 0. The van der Waals surface area contributed by atoms with E-state index in [2.05, 4.69) is 20.0 Å². The first kappa shape index (κ1) is 19.5. The number of amides is 2. The summed E-state index contributed by atoms with van der Waals surface area (Å²) in [6.07, 6.45) is 5.50. The Kier molecular flexibility index (Phi) is 6.64. The van der Waals surface area contributed by atoms with Crippen LogP contribution >= 0.6 is 0 Å². The molecular formula is C12H22N6O6S. The average Bonchev–Trinajstić information content (AvgIpc) is 3.16. The Balaban J connectivity index is 0.000000186. The molecule has 0 aromatic carbocycles. The van der Waals surface area contributed by atoms with Crippen LogP contribution in [0.4, 0.5) is 4.79 Å². The van der Waals surface area contributed by atoms with E-state index in [0.717, 1.165) is 29.6 Å². The lowest BCUT2D eigenvalue weighted by molar-refractivity contribution is -0.0316. The van der Waals surface area contributed by atoms with Gasteiger partial charge in [0, 0.05) is 25.3 Å². The van der Waals surface area contributed by atoms with E-state index < -0.39 is 16.4 Å². The number of fused-ring (bicyclic) bond motifs is 2. The van der Waals surface area contributed by atoms with Crippen molar-refractivity contribution in [3.05, 3.63) is 4.91 Å². The smallest absolute Gasteiger partial charge is 0.321 e. The number of rotatable bonds is 5. The molecule has 2 bridgehead atoms. The van der Waals surface area contributed by atoms with Crippen LogP contribution in [0.15, 0.2) is 10.4 Å². The number of hydroxylamine groups is 2. The van der Waals surface area contributed by atoms with Crippen molar-refractivity contribution in [3.8, 4) is 0 Å². The molecule has 0 aromatic heterocycles. The summed E-state index contributed by atoms with van der Waals surface area (Å²) in [5.74, 6) is 0. The van der Waals surface area contributed by atoms with E-state index in [9.17, 15) is 18.1 Å². The summed E-state index contributed by atoms with van der Waals surface area (Å²) in [6, 6.07) is -0.442. The van der Waals surface area contributed by atoms with Gasteiger partial charge in [0.05, 0.1) is 18.4 Å². The van der Waals surface area contributed by atoms with Crippen molar-refractivity contribution >= 4 is 22.6 Å². The highest BCUT2D eigenvalue weighted by atomic mass is 32.3. The molecule has 3 aliphatic heterocycles. The molecule has 0 aliphatic carbocycles. The molecule has 0 spiro atoms. The van der Waals surface area contributed by atoms with Crippen LogP contribution in [-0.2, 0) is 14.7 Å². The quantitative estimate of drug-likeness (QED) is 0.293. The molecule has 0 saturated carbocycles. The van der Waals surface area contributed by atoms with E-state index in [-0.39, 0.29) is 6.04 Å². The molecule has 3 rings (SSSR count). The summed E-state index contributed by atoms with van der Waals surface area (Å²) in [6.45, 7) is 2.12. The third-order valence-corrected chi connectivity index (χ3v) is 4.34. The van der Waals surface area contributed by atoms with E-state index in [4.69, 9.17) is 4.55 Å². The maximum Gasteiger partial charge on any atom is 0.418 e. The second-order valence-corrected chi connectivity index (χ2v) is 6.90. The Morgan fingerprint density at radius 1 is 1.40 bits per heavy atom. The van der Waals surface area contributed by atoms with Gasteiger partial charge in [0.1, 0.15) is 0 Å². The molecule has 3 aliphatic rings. The van der Waals surface area contributed by atoms with Crippen molar-refractivity contribution in [2.75, 3.05) is 26.7 Å². The monoisotopic (exact) mass is 378 g/mol. The van der Waals surface area contributed by atoms with Gasteiger partial charge in [-0.1, -0.05) is 0 Å². The zero-order chi connectivity index (χ0) is 18.4. The van der Waals surface area contributed by atoms with Gasteiger partial charge in [-0.2, -0.15) is 23.7 Å². The Bertz CT molecular complexity index is 607. The van der Waals surface area contributed by atoms with Crippen LogP contribution in [-0.4, -0.2) is 79.1 Å². The van der Waals surface area contributed by atoms with E-state index in [1.54, 1.807) is 6.21 Å². The minimum atomic E-state index is -4.60. The predicted molar refractivity (Wildman–Crippen MR) is 87.5 cm³/mol. The van der Waals surface area contributed by atoms with Crippen molar-refractivity contribution in [1.82, 2.24) is 20.4 Å². The Morgan fingerprint density at radius 2 is 2.16 bits per heavy atom. The maximum absolute atomic E-state index is 11.4. The van der Waals surface area contributed by atoms with E-state index >= 15 is 0 Å². The average molecular weight is 378 g/mol. The molecule has 3 heterocycles. The number of hydrogen-bond acceptors (Lipinski definition) is 8. The largest absolute Gasteiger partial charge is 0.418 e. The number of nitrogens with one attached hydrogen (secondary N) is 1. The van der Waals surface area contributed by atoms with Gasteiger partial charge in [0.15, 0.2) is 0 Å². The van der Waals surface area contributed by atoms with E-state index in [1.807, 2.05) is 0 Å². The minimum absolute atomic E-state index is 0.266. The summed E-state index contributed by atoms with van der Waals surface area (Å²) < 4.78 is 33.5. The highest BCUT2D eigenvalue weighted by Gasteiger charge is 2.42. The first-order chi connectivity index (χ1) is 11.8. The molecule has 2 amide bonds. The second kappa shape index (κ2) is 8.51. The van der Waals surface area contributed by atoms with Gasteiger partial charge in [-0.15, -0.1) is 9.19 Å². The standard InChI is InChI=1S/C6H12N4O.C6H10N2O5S/c1-10(9-11)8-5-6-3-2-4-7-6;9-6-7-3-1-2-5(4-7)8(6)13-14(10,11)12/h5-7H,2-4H2,1H3;5H,1-4H2,(H,10,11,12)/b8-5+;. The molecule has 2 N–H and O–H groups in total. The van der Waals surface area contributed by atoms with Gasteiger partial charge in [-0.05, 0) is 32.2 Å². The van der Waals surface area contributed by atoms with Crippen LogP contribution in [0, 0.1) is 4.91 Å². The van der Waals surface area contributed by atoms with Crippen LogP contribution in [0.3, 0.4) is 0 Å². The zero-order valence-electron chi connectivity index (χ0n) is 13.8. The van der Waals surface area contributed by atoms with Crippen LogP contribution in [0.2, 0.25) is 0 Å². The summed E-state index contributed by atoms with van der Waals surface area (Å²) in [7, 11) is -3.09. The number of urea groups is 1. The fraction of sp³-hybridized carbons (Fsp3) is 0.833. The van der Waals surface area contributed by atoms with Crippen molar-refractivity contribution in [3.63, 3.8) is 0 Å². The lowest BCUT2D eigenvalue weighted by atomic mass is 10.1. The van der Waals surface area contributed by atoms with Gasteiger partial charge in [0.2, 0.25) is 0 Å². The first-order valence-electron chi connectivity index (χ1n) is 7.90. The van der Waals surface area contributed by atoms with Crippen molar-refractivity contribution in [2.24, 2.45) is 10.4 Å². The topological polar surface area (TPSA) is 144 Å². The number of hydrazone groups is 1. The maximum atomic E-state index is 11.4. The predicted octanol–water partition coefficient (Wildman–Crippen LogP) is -0.0418. The molecule has 142 valence electrons. The van der Waals surface area contributed by atoms with Gasteiger partial charge < -0.3 is 10.2 Å². The van der Waals surface area contributed by atoms with E-state index in [1.165, 1.54) is 18.4 Å². The molecule has 25 heavy (non-hydrogen) atoms. The van der Waals surface area contributed by atoms with Crippen molar-refractivity contribution < 1.29 is 22.0 Å². The van der Waals surface area contributed by atoms with E-state index in [0.29, 0.717) is 25.6 Å². The number of hydrogen-bond donors (Lipinski definition) is 2. The first-order valence-corrected chi connectivity index (χ1v) is 9.26. The Labute approximate surface area is 145 Å². The molecule has 0 radical (unpaired) electrons. The Hall–Kier alpha value is -1.83. The lowest BCUT2D eigenvalue weighted by Crippen LogP contribution is -2.35. The minimum Gasteiger partial charge on any atom is -0.321 e. The van der Waals surface area contributed by atoms with Gasteiger partial charge in [0.25, 0.3) is 0 Å². The third-order valence-electron chi connectivity index (χ3n) is 3.99. The summed E-state index contributed by atoms with van der Waals surface area (Å²) in [5, 5.41) is 11.4. The number of nitrogens with zero attached hydrogens (tertiary/aromatic N) is 5. The fourth-order valence-electron chi connectivity index (χ4n) is 2.85. The molecule has 2 atom stereocenters. The molecule has 12 nitrogen and oxygen atoms in total. The van der Waals surface area contributed by atoms with Gasteiger partial charge in [-0.3, -0.25) is 4.55 Å². The highest BCUT2D eigenvalue weighted by molar-refractivity contribution is 7.80. The number of nitroso groups, excluding NO2 is 1. The van der Waals surface area contributed by atoms with Crippen LogP contribution in [0.1, 0.15) is 25.7 Å². The molecule has 3 saturated heterocycles. The summed E-state index contributed by atoms with van der Waals surface area (Å²) in [5.41, 5.74) is 0. The lowest BCUT2D eigenvalue weighted by Gasteiger charge is -2.20. The molecular weight excluding hydrogens is 356 g/mol. The van der Waals surface area contributed by atoms with Crippen molar-refractivity contribution in [2.45, 2.75) is 37.8 Å². The number of carbonyl (C=O) groups is 1. The van der Waals surface area contributed by atoms with Crippen LogP contribution in [0.25, 0.3) is 0 Å². The SMILES string of the molecule is CN(N=O)/N=C/C1CCCN1.O=C1N2CCCC(C2)N1OS(=O)(=O)O. The van der Waals surface area contributed by atoms with Crippen LogP contribution in [0.5, 0.6) is 0 Å². The van der Waals surface area contributed by atoms with Gasteiger partial charge >= 0.3 is 16.4 Å². The fourth-order valence-corrected chi connectivity index (χ4v) is 3.23. The molecule has 3 fully saturated rings. The number of piperidine rings is 1. The summed E-state index contributed by atoms with van der Waals surface area (Å²) in [4.78, 5) is 22.8. The molecule has 2 unspecified atom stereocenters. The zero-order valence-corrected chi connectivity index (χ0v) is 14.6. The second-order valence-electron chi connectivity index (χ2n) is 5.89. The Morgan fingerprint density at radius 3 is 2.72 bits per heavy atom. The van der Waals surface area contributed by atoms with Crippen molar-refractivity contribution in [1.29, 1.82) is 0 Å². The molecule has 0 aromatic rings. The molecule has 13 heteroatoms. The van der Waals surface area contributed by atoms with Gasteiger partial charge in [-0.25, -0.2) is 4.79 Å². The van der Waals surface area contributed by atoms with Crippen LogP contribution < -0.4 is 5.32 Å². The third kappa shape index (κ3) is 5.88. The normalized spacial score (nSPS) is 25.9.